The second-order valence-corrected chi connectivity index (χ2v) is 7.86. The molecule has 0 unspecified atom stereocenters. The predicted octanol–water partition coefficient (Wildman–Crippen LogP) is 5.14. The summed E-state index contributed by atoms with van der Waals surface area (Å²) in [7, 11) is 0. The van der Waals surface area contributed by atoms with Gasteiger partial charge in [-0.05, 0) is 50.1 Å². The van der Waals surface area contributed by atoms with E-state index in [4.69, 9.17) is 0 Å². The SMILES string of the molecule is Cc1ccccc1NC(=O)c1c(-c2ccccc2C)n(Cc2ccccn2)c(C)cc1=O. The Morgan fingerprint density at radius 3 is 2.28 bits per heavy atom. The zero-order valence-electron chi connectivity index (χ0n) is 18.4. The van der Waals surface area contributed by atoms with Gasteiger partial charge in [-0.25, -0.2) is 0 Å². The van der Waals surface area contributed by atoms with Crippen LogP contribution in [0.25, 0.3) is 11.3 Å². The normalized spacial score (nSPS) is 10.7. The van der Waals surface area contributed by atoms with Gasteiger partial charge in [0.05, 0.1) is 17.9 Å². The van der Waals surface area contributed by atoms with Gasteiger partial charge in [0.1, 0.15) is 5.56 Å². The van der Waals surface area contributed by atoms with Crippen LogP contribution in [0.1, 0.15) is 32.9 Å². The number of benzene rings is 2. The van der Waals surface area contributed by atoms with Crippen molar-refractivity contribution in [3.8, 4) is 11.3 Å². The highest BCUT2D eigenvalue weighted by Gasteiger charge is 2.23. The Bertz CT molecular complexity index is 1340. The minimum atomic E-state index is -0.419. The van der Waals surface area contributed by atoms with Crippen LogP contribution in [0.4, 0.5) is 5.69 Å². The summed E-state index contributed by atoms with van der Waals surface area (Å²) in [4.78, 5) is 31.1. The number of hydrogen-bond acceptors (Lipinski definition) is 3. The summed E-state index contributed by atoms with van der Waals surface area (Å²) in [6.07, 6.45) is 1.74. The number of anilines is 1. The maximum Gasteiger partial charge on any atom is 0.261 e. The van der Waals surface area contributed by atoms with Crippen LogP contribution in [0, 0.1) is 20.8 Å². The largest absolute Gasteiger partial charge is 0.338 e. The molecule has 2 aromatic heterocycles. The van der Waals surface area contributed by atoms with E-state index in [2.05, 4.69) is 10.3 Å². The van der Waals surface area contributed by atoms with Crippen LogP contribution in [0.3, 0.4) is 0 Å². The van der Waals surface area contributed by atoms with Crippen molar-refractivity contribution in [1.82, 2.24) is 9.55 Å². The number of pyridine rings is 2. The van der Waals surface area contributed by atoms with Crippen molar-refractivity contribution in [3.05, 3.63) is 117 Å². The van der Waals surface area contributed by atoms with Gasteiger partial charge in [-0.1, -0.05) is 48.5 Å². The molecule has 0 saturated carbocycles. The number of aryl methyl sites for hydroxylation is 3. The number of rotatable bonds is 5. The Balaban J connectivity index is 1.94. The van der Waals surface area contributed by atoms with E-state index in [1.54, 1.807) is 6.20 Å². The lowest BCUT2D eigenvalue weighted by Gasteiger charge is -2.21. The molecular weight excluding hydrogens is 398 g/mol. The highest BCUT2D eigenvalue weighted by atomic mass is 16.2. The minimum Gasteiger partial charge on any atom is -0.338 e. The quantitative estimate of drug-likeness (QED) is 0.484. The first-order valence-corrected chi connectivity index (χ1v) is 10.5. The van der Waals surface area contributed by atoms with Crippen molar-refractivity contribution in [2.24, 2.45) is 0 Å². The lowest BCUT2D eigenvalue weighted by atomic mass is 9.98. The Kier molecular flexibility index (Phi) is 5.99. The van der Waals surface area contributed by atoms with Crippen molar-refractivity contribution in [1.29, 1.82) is 0 Å². The van der Waals surface area contributed by atoms with Crippen LogP contribution < -0.4 is 10.7 Å². The van der Waals surface area contributed by atoms with Crippen molar-refractivity contribution >= 4 is 11.6 Å². The van der Waals surface area contributed by atoms with Crippen LogP contribution >= 0.6 is 0 Å². The molecule has 0 radical (unpaired) electrons. The molecule has 0 aliphatic heterocycles. The molecule has 0 atom stereocenters. The summed E-state index contributed by atoms with van der Waals surface area (Å²) in [6, 6.07) is 22.6. The molecule has 160 valence electrons. The number of carbonyl (C=O) groups excluding carboxylic acids is 1. The molecule has 2 aromatic carbocycles. The molecule has 5 heteroatoms. The third-order valence-corrected chi connectivity index (χ3v) is 5.59. The van der Waals surface area contributed by atoms with E-state index >= 15 is 0 Å². The molecule has 0 bridgehead atoms. The van der Waals surface area contributed by atoms with Crippen molar-refractivity contribution in [2.75, 3.05) is 5.32 Å². The maximum absolute atomic E-state index is 13.5. The molecule has 0 aliphatic carbocycles. The molecule has 0 saturated heterocycles. The van der Waals surface area contributed by atoms with Gasteiger partial charge in [-0.15, -0.1) is 0 Å². The molecule has 32 heavy (non-hydrogen) atoms. The van der Waals surface area contributed by atoms with Gasteiger partial charge in [-0.3, -0.25) is 14.6 Å². The van der Waals surface area contributed by atoms with E-state index in [9.17, 15) is 9.59 Å². The van der Waals surface area contributed by atoms with Crippen molar-refractivity contribution in [3.63, 3.8) is 0 Å². The van der Waals surface area contributed by atoms with E-state index in [1.807, 2.05) is 92.1 Å². The predicted molar refractivity (Wildman–Crippen MR) is 128 cm³/mol. The van der Waals surface area contributed by atoms with E-state index in [0.717, 1.165) is 28.1 Å². The molecule has 4 aromatic rings. The van der Waals surface area contributed by atoms with Crippen LogP contribution in [0.5, 0.6) is 0 Å². The molecule has 0 spiro atoms. The lowest BCUT2D eigenvalue weighted by molar-refractivity contribution is 0.102. The first kappa shape index (κ1) is 21.2. The average Bonchev–Trinajstić information content (AvgIpc) is 2.78. The third kappa shape index (κ3) is 4.23. The summed E-state index contributed by atoms with van der Waals surface area (Å²) < 4.78 is 2.00. The fraction of sp³-hybridized carbons (Fsp3) is 0.148. The maximum atomic E-state index is 13.5. The second kappa shape index (κ2) is 9.02. The standard InChI is InChI=1S/C27H25N3O2/c1-18-10-4-6-13-22(18)26-25(27(32)29-23-14-7-5-11-19(23)2)24(31)16-20(3)30(26)17-21-12-8-9-15-28-21/h4-16H,17H2,1-3H3,(H,29,32). The van der Waals surface area contributed by atoms with Crippen LogP contribution in [0.15, 0.2) is 83.8 Å². The van der Waals surface area contributed by atoms with E-state index in [-0.39, 0.29) is 11.0 Å². The molecule has 5 nitrogen and oxygen atoms in total. The van der Waals surface area contributed by atoms with Gasteiger partial charge in [0, 0.05) is 29.2 Å². The Morgan fingerprint density at radius 1 is 0.906 bits per heavy atom. The van der Waals surface area contributed by atoms with E-state index < -0.39 is 5.91 Å². The first-order chi connectivity index (χ1) is 15.5. The smallest absolute Gasteiger partial charge is 0.261 e. The molecule has 0 aliphatic rings. The summed E-state index contributed by atoms with van der Waals surface area (Å²) in [5.41, 5.74) is 5.49. The highest BCUT2D eigenvalue weighted by molar-refractivity contribution is 6.08. The average molecular weight is 424 g/mol. The summed E-state index contributed by atoms with van der Waals surface area (Å²) >= 11 is 0. The molecule has 0 fully saturated rings. The van der Waals surface area contributed by atoms with Crippen LogP contribution in [-0.2, 0) is 6.54 Å². The topological polar surface area (TPSA) is 64.0 Å². The number of amides is 1. The number of aromatic nitrogens is 2. The van der Waals surface area contributed by atoms with Gasteiger partial charge in [-0.2, -0.15) is 0 Å². The van der Waals surface area contributed by atoms with Gasteiger partial charge in [0.25, 0.3) is 5.91 Å². The minimum absolute atomic E-state index is 0.129. The fourth-order valence-electron chi connectivity index (χ4n) is 3.86. The molecule has 1 N–H and O–H groups in total. The lowest BCUT2D eigenvalue weighted by Crippen LogP contribution is -2.27. The molecular formula is C27H25N3O2. The summed E-state index contributed by atoms with van der Waals surface area (Å²) in [5, 5.41) is 2.94. The van der Waals surface area contributed by atoms with Gasteiger partial charge in [0.2, 0.25) is 0 Å². The van der Waals surface area contributed by atoms with Crippen molar-refractivity contribution < 1.29 is 4.79 Å². The third-order valence-electron chi connectivity index (χ3n) is 5.59. The monoisotopic (exact) mass is 423 g/mol. The summed E-state index contributed by atoms with van der Waals surface area (Å²) in [5.74, 6) is -0.419. The summed E-state index contributed by atoms with van der Waals surface area (Å²) in [6.45, 7) is 6.24. The zero-order valence-corrected chi connectivity index (χ0v) is 18.4. The Labute approximate surface area is 187 Å². The highest BCUT2D eigenvalue weighted by Crippen LogP contribution is 2.28. The Hall–Kier alpha value is -3.99. The van der Waals surface area contributed by atoms with Crippen molar-refractivity contribution in [2.45, 2.75) is 27.3 Å². The van der Waals surface area contributed by atoms with Crippen LogP contribution in [-0.4, -0.2) is 15.5 Å². The number of nitrogens with one attached hydrogen (secondary N) is 1. The van der Waals surface area contributed by atoms with E-state index in [1.165, 1.54) is 6.07 Å². The second-order valence-electron chi connectivity index (χ2n) is 7.86. The van der Waals surface area contributed by atoms with Gasteiger partial charge in [0.15, 0.2) is 5.43 Å². The molecule has 2 heterocycles. The zero-order chi connectivity index (χ0) is 22.7. The van der Waals surface area contributed by atoms with Gasteiger partial charge >= 0.3 is 0 Å². The Morgan fingerprint density at radius 2 is 1.59 bits per heavy atom. The number of carbonyl (C=O) groups is 1. The van der Waals surface area contributed by atoms with Crippen LogP contribution in [0.2, 0.25) is 0 Å². The molecule has 1 amide bonds. The first-order valence-electron chi connectivity index (χ1n) is 10.5. The number of para-hydroxylation sites is 1. The fourth-order valence-corrected chi connectivity index (χ4v) is 3.86. The number of nitrogens with zero attached hydrogens (tertiary/aromatic N) is 2. The number of hydrogen-bond donors (Lipinski definition) is 1. The van der Waals surface area contributed by atoms with Gasteiger partial charge < -0.3 is 9.88 Å². The molecule has 4 rings (SSSR count). The van der Waals surface area contributed by atoms with E-state index in [0.29, 0.717) is 17.9 Å².